The Kier molecular flexibility index (Phi) is 5.49. The van der Waals surface area contributed by atoms with Crippen LogP contribution in [0.4, 0.5) is 11.6 Å². The summed E-state index contributed by atoms with van der Waals surface area (Å²) in [4.78, 5) is 30.5. The summed E-state index contributed by atoms with van der Waals surface area (Å²) < 4.78 is 2.17. The lowest BCUT2D eigenvalue weighted by atomic mass is 10.0. The lowest BCUT2D eigenvalue weighted by molar-refractivity contribution is 0.102. The van der Waals surface area contributed by atoms with Crippen molar-refractivity contribution in [3.63, 3.8) is 0 Å². The highest BCUT2D eigenvalue weighted by Gasteiger charge is 2.25. The summed E-state index contributed by atoms with van der Waals surface area (Å²) in [7, 11) is 0. The Morgan fingerprint density at radius 2 is 1.71 bits per heavy atom. The number of aromatic nitrogens is 5. The molecule has 0 bridgehead atoms. The molecule has 35 heavy (non-hydrogen) atoms. The van der Waals surface area contributed by atoms with Crippen molar-refractivity contribution in [2.24, 2.45) is 0 Å². The molecule has 0 radical (unpaired) electrons. The maximum atomic E-state index is 13.3. The molecule has 0 saturated carbocycles. The van der Waals surface area contributed by atoms with Gasteiger partial charge in [-0.25, -0.2) is 15.0 Å². The maximum absolute atomic E-state index is 13.3. The second-order valence-electron chi connectivity index (χ2n) is 9.22. The summed E-state index contributed by atoms with van der Waals surface area (Å²) >= 11 is 0. The molecule has 3 aromatic heterocycles. The van der Waals surface area contributed by atoms with Gasteiger partial charge in [-0.2, -0.15) is 0 Å². The first kappa shape index (κ1) is 22.2. The Balaban J connectivity index is 1.65. The van der Waals surface area contributed by atoms with Gasteiger partial charge in [0.05, 0.1) is 28.5 Å². The highest BCUT2D eigenvalue weighted by molar-refractivity contribution is 6.08. The van der Waals surface area contributed by atoms with Gasteiger partial charge in [0, 0.05) is 35.3 Å². The summed E-state index contributed by atoms with van der Waals surface area (Å²) in [6.45, 7) is 6.37. The van der Waals surface area contributed by atoms with Crippen LogP contribution in [0.3, 0.4) is 0 Å². The fourth-order valence-corrected chi connectivity index (χ4v) is 4.12. The molecular weight excluding hydrogens is 438 g/mol. The summed E-state index contributed by atoms with van der Waals surface area (Å²) in [6.07, 6.45) is 6.68. The Morgan fingerprint density at radius 1 is 0.943 bits per heavy atom. The number of benzene rings is 2. The van der Waals surface area contributed by atoms with E-state index in [-0.39, 0.29) is 17.4 Å². The van der Waals surface area contributed by atoms with Gasteiger partial charge in [0.15, 0.2) is 0 Å². The topological polar surface area (TPSA) is 112 Å². The lowest BCUT2D eigenvalue weighted by Crippen LogP contribution is -2.23. The number of hydrogen-bond acceptors (Lipinski definition) is 6. The standard InChI is InChI=1S/C27H25N7O/c1-27(2,3)34-23-11-10-17(18-14-30-26(28)31-15-18)13-22(23)33-24(34)20-8-4-5-9-21(20)25(35)32-19-7-6-12-29-16-19/h4-16H,1-3H3,(H,32,35)(H2,28,30,31). The molecule has 0 aliphatic carbocycles. The molecule has 174 valence electrons. The largest absolute Gasteiger partial charge is 0.368 e. The number of amides is 1. The highest BCUT2D eigenvalue weighted by Crippen LogP contribution is 2.34. The number of carbonyl (C=O) groups is 1. The fraction of sp³-hybridized carbons (Fsp3) is 0.148. The Morgan fingerprint density at radius 3 is 2.43 bits per heavy atom. The van der Waals surface area contributed by atoms with Gasteiger partial charge in [0.1, 0.15) is 5.82 Å². The summed E-state index contributed by atoms with van der Waals surface area (Å²) in [5, 5.41) is 2.93. The molecule has 0 unspecified atom stereocenters. The Hall–Kier alpha value is -4.59. The van der Waals surface area contributed by atoms with Crippen LogP contribution in [0.5, 0.6) is 0 Å². The van der Waals surface area contributed by atoms with E-state index in [1.165, 1.54) is 0 Å². The van der Waals surface area contributed by atoms with E-state index in [1.54, 1.807) is 36.9 Å². The van der Waals surface area contributed by atoms with E-state index in [1.807, 2.05) is 42.5 Å². The summed E-state index contributed by atoms with van der Waals surface area (Å²) in [5.74, 6) is 0.728. The molecule has 8 nitrogen and oxygen atoms in total. The number of imidazole rings is 1. The van der Waals surface area contributed by atoms with Crippen LogP contribution in [0, 0.1) is 0 Å². The second kappa shape index (κ2) is 8.64. The van der Waals surface area contributed by atoms with E-state index in [2.05, 4.69) is 45.6 Å². The smallest absolute Gasteiger partial charge is 0.256 e. The first-order chi connectivity index (χ1) is 16.8. The van der Waals surface area contributed by atoms with Crippen LogP contribution < -0.4 is 11.1 Å². The minimum atomic E-state index is -0.289. The van der Waals surface area contributed by atoms with Gasteiger partial charge in [-0.1, -0.05) is 24.3 Å². The third-order valence-electron chi connectivity index (χ3n) is 5.66. The quantitative estimate of drug-likeness (QED) is 0.381. The van der Waals surface area contributed by atoms with Gasteiger partial charge in [0.2, 0.25) is 5.95 Å². The normalized spacial score (nSPS) is 11.5. The zero-order valence-corrected chi connectivity index (χ0v) is 19.7. The Labute approximate surface area is 202 Å². The fourth-order valence-electron chi connectivity index (χ4n) is 4.12. The summed E-state index contributed by atoms with van der Waals surface area (Å²) in [6, 6.07) is 17.2. The zero-order valence-electron chi connectivity index (χ0n) is 19.7. The maximum Gasteiger partial charge on any atom is 0.256 e. The number of carbonyl (C=O) groups excluding carboxylic acids is 1. The van der Waals surface area contributed by atoms with Crippen LogP contribution in [0.25, 0.3) is 33.5 Å². The van der Waals surface area contributed by atoms with Crippen molar-refractivity contribution in [2.75, 3.05) is 11.1 Å². The first-order valence-corrected chi connectivity index (χ1v) is 11.2. The number of hydrogen-bond donors (Lipinski definition) is 2. The number of anilines is 2. The van der Waals surface area contributed by atoms with Crippen molar-refractivity contribution in [3.05, 3.63) is 84.9 Å². The van der Waals surface area contributed by atoms with E-state index in [0.29, 0.717) is 11.3 Å². The number of nitrogens with two attached hydrogens (primary N) is 1. The Bertz CT molecular complexity index is 1520. The minimum absolute atomic E-state index is 0.221. The van der Waals surface area contributed by atoms with Crippen molar-refractivity contribution in [1.29, 1.82) is 0 Å². The second-order valence-corrected chi connectivity index (χ2v) is 9.22. The molecule has 5 aromatic rings. The van der Waals surface area contributed by atoms with Crippen LogP contribution in [0.2, 0.25) is 0 Å². The third kappa shape index (κ3) is 4.33. The molecule has 0 aliphatic rings. The molecule has 8 heteroatoms. The van der Waals surface area contributed by atoms with Gasteiger partial charge >= 0.3 is 0 Å². The van der Waals surface area contributed by atoms with E-state index >= 15 is 0 Å². The molecule has 1 amide bonds. The predicted molar refractivity (Wildman–Crippen MR) is 138 cm³/mol. The zero-order chi connectivity index (χ0) is 24.6. The number of nitrogens with zero attached hydrogens (tertiary/aromatic N) is 5. The van der Waals surface area contributed by atoms with Crippen LogP contribution in [-0.4, -0.2) is 30.4 Å². The highest BCUT2D eigenvalue weighted by atomic mass is 16.1. The van der Waals surface area contributed by atoms with Gasteiger partial charge in [-0.05, 0) is 56.7 Å². The third-order valence-corrected chi connectivity index (χ3v) is 5.66. The van der Waals surface area contributed by atoms with E-state index in [4.69, 9.17) is 10.7 Å². The molecular formula is C27H25N7O. The van der Waals surface area contributed by atoms with Crippen LogP contribution in [0.1, 0.15) is 31.1 Å². The number of pyridine rings is 1. The average Bonchev–Trinajstić information content (AvgIpc) is 3.24. The van der Waals surface area contributed by atoms with E-state index in [0.717, 1.165) is 33.5 Å². The molecule has 0 atom stereocenters. The average molecular weight is 464 g/mol. The van der Waals surface area contributed by atoms with Crippen molar-refractivity contribution in [1.82, 2.24) is 24.5 Å². The van der Waals surface area contributed by atoms with Crippen LogP contribution in [-0.2, 0) is 5.54 Å². The molecule has 0 aliphatic heterocycles. The van der Waals surface area contributed by atoms with Gasteiger partial charge in [-0.15, -0.1) is 0 Å². The van der Waals surface area contributed by atoms with Gasteiger partial charge < -0.3 is 15.6 Å². The number of nitrogens with one attached hydrogen (secondary N) is 1. The van der Waals surface area contributed by atoms with Crippen molar-refractivity contribution >= 4 is 28.6 Å². The monoisotopic (exact) mass is 463 g/mol. The molecule has 3 heterocycles. The molecule has 0 fully saturated rings. The first-order valence-electron chi connectivity index (χ1n) is 11.2. The SMILES string of the molecule is CC(C)(C)n1c(-c2ccccc2C(=O)Nc2cccnc2)nc2cc(-c3cnc(N)nc3)ccc21. The lowest BCUT2D eigenvalue weighted by Gasteiger charge is -2.25. The molecule has 3 N–H and O–H groups in total. The van der Waals surface area contributed by atoms with Crippen LogP contribution in [0.15, 0.2) is 79.4 Å². The number of nitrogen functional groups attached to an aromatic ring is 1. The van der Waals surface area contributed by atoms with Crippen molar-refractivity contribution < 1.29 is 4.79 Å². The van der Waals surface area contributed by atoms with Crippen molar-refractivity contribution in [3.8, 4) is 22.5 Å². The summed E-state index contributed by atoms with van der Waals surface area (Å²) in [5.41, 5.74) is 10.8. The van der Waals surface area contributed by atoms with Crippen molar-refractivity contribution in [2.45, 2.75) is 26.3 Å². The van der Waals surface area contributed by atoms with E-state index < -0.39 is 0 Å². The number of rotatable bonds is 4. The van der Waals surface area contributed by atoms with Crippen LogP contribution >= 0.6 is 0 Å². The molecule has 5 rings (SSSR count). The van der Waals surface area contributed by atoms with E-state index in [9.17, 15) is 4.79 Å². The number of fused-ring (bicyclic) bond motifs is 1. The molecule has 0 spiro atoms. The van der Waals surface area contributed by atoms with Gasteiger partial charge in [0.25, 0.3) is 5.91 Å². The molecule has 2 aromatic carbocycles. The minimum Gasteiger partial charge on any atom is -0.368 e. The molecule has 0 saturated heterocycles. The predicted octanol–water partition coefficient (Wildman–Crippen LogP) is 5.14. The van der Waals surface area contributed by atoms with Gasteiger partial charge in [-0.3, -0.25) is 9.78 Å².